The van der Waals surface area contributed by atoms with Crippen LogP contribution in [0.1, 0.15) is 32.3 Å². The molecule has 0 aliphatic heterocycles. The lowest BCUT2D eigenvalue weighted by Gasteiger charge is -2.14. The smallest absolute Gasteiger partial charge is 0.120 e. The van der Waals surface area contributed by atoms with E-state index < -0.39 is 0 Å². The number of hydrogen-bond donors (Lipinski definition) is 2. The van der Waals surface area contributed by atoms with Crippen molar-refractivity contribution in [2.24, 2.45) is 17.6 Å². The van der Waals surface area contributed by atoms with Gasteiger partial charge in [-0.15, -0.1) is 0 Å². The summed E-state index contributed by atoms with van der Waals surface area (Å²) in [6.07, 6.45) is 2.15. The van der Waals surface area contributed by atoms with E-state index in [1.807, 2.05) is 18.2 Å². The summed E-state index contributed by atoms with van der Waals surface area (Å²) >= 11 is 0. The zero-order valence-electron chi connectivity index (χ0n) is 9.40. The molecule has 0 saturated heterocycles. The second kappa shape index (κ2) is 3.53. The normalized spacial score (nSPS) is 29.5. The van der Waals surface area contributed by atoms with Gasteiger partial charge in [0.05, 0.1) is 0 Å². The van der Waals surface area contributed by atoms with E-state index in [0.717, 1.165) is 18.4 Å². The number of aromatic hydroxyl groups is 1. The zero-order chi connectivity index (χ0) is 11.1. The minimum atomic E-state index is -0.268. The van der Waals surface area contributed by atoms with E-state index in [-0.39, 0.29) is 5.54 Å². The van der Waals surface area contributed by atoms with Gasteiger partial charge in [-0.3, -0.25) is 0 Å². The van der Waals surface area contributed by atoms with Gasteiger partial charge in [-0.2, -0.15) is 0 Å². The van der Waals surface area contributed by atoms with Gasteiger partial charge in [0.1, 0.15) is 5.75 Å². The summed E-state index contributed by atoms with van der Waals surface area (Å²) in [7, 11) is 0. The average molecular weight is 205 g/mol. The van der Waals surface area contributed by atoms with Gasteiger partial charge in [-0.05, 0) is 30.7 Å². The van der Waals surface area contributed by atoms with Gasteiger partial charge in [0.25, 0.3) is 0 Å². The molecule has 3 N–H and O–H groups in total. The van der Waals surface area contributed by atoms with Crippen LogP contribution in [-0.4, -0.2) is 5.11 Å². The molecule has 1 saturated carbocycles. The molecule has 2 unspecified atom stereocenters. The summed E-state index contributed by atoms with van der Waals surface area (Å²) in [6, 6.07) is 7.43. The molecule has 15 heavy (non-hydrogen) atoms. The van der Waals surface area contributed by atoms with Gasteiger partial charge in [0, 0.05) is 11.1 Å². The van der Waals surface area contributed by atoms with E-state index in [1.165, 1.54) is 0 Å². The lowest BCUT2D eigenvalue weighted by molar-refractivity contribution is 0.443. The minimum Gasteiger partial charge on any atom is -0.508 e. The Morgan fingerprint density at radius 3 is 2.73 bits per heavy atom. The van der Waals surface area contributed by atoms with E-state index in [0.29, 0.717) is 17.6 Å². The van der Waals surface area contributed by atoms with Gasteiger partial charge >= 0.3 is 0 Å². The Labute approximate surface area is 91.1 Å². The molecule has 1 aliphatic carbocycles. The number of phenols is 1. The van der Waals surface area contributed by atoms with Crippen molar-refractivity contribution >= 4 is 0 Å². The Morgan fingerprint density at radius 1 is 1.47 bits per heavy atom. The Morgan fingerprint density at radius 2 is 2.13 bits per heavy atom. The maximum absolute atomic E-state index is 9.76. The quantitative estimate of drug-likeness (QED) is 0.796. The topological polar surface area (TPSA) is 46.2 Å². The fourth-order valence-electron chi connectivity index (χ4n) is 2.41. The Balaban J connectivity index is 2.16. The summed E-state index contributed by atoms with van der Waals surface area (Å²) in [5, 5.41) is 9.76. The van der Waals surface area contributed by atoms with Crippen molar-refractivity contribution in [3.8, 4) is 5.75 Å². The third-order valence-corrected chi connectivity index (χ3v) is 3.31. The first-order valence-electron chi connectivity index (χ1n) is 5.61. The highest BCUT2D eigenvalue weighted by atomic mass is 16.3. The van der Waals surface area contributed by atoms with Crippen LogP contribution in [0.2, 0.25) is 0 Å². The Hall–Kier alpha value is -1.02. The lowest BCUT2D eigenvalue weighted by atomic mass is 9.98. The highest BCUT2D eigenvalue weighted by Crippen LogP contribution is 2.54. The molecule has 0 heterocycles. The second-order valence-electron chi connectivity index (χ2n) is 5.09. The highest BCUT2D eigenvalue weighted by molar-refractivity contribution is 5.42. The fourth-order valence-corrected chi connectivity index (χ4v) is 2.41. The van der Waals surface area contributed by atoms with Crippen molar-refractivity contribution in [3.05, 3.63) is 29.8 Å². The Kier molecular flexibility index (Phi) is 2.47. The second-order valence-corrected chi connectivity index (χ2v) is 5.09. The first kappa shape index (κ1) is 10.5. The van der Waals surface area contributed by atoms with Crippen LogP contribution in [0, 0.1) is 11.8 Å². The van der Waals surface area contributed by atoms with Crippen molar-refractivity contribution in [3.63, 3.8) is 0 Å². The maximum Gasteiger partial charge on any atom is 0.120 e. The van der Waals surface area contributed by atoms with E-state index >= 15 is 0 Å². The van der Waals surface area contributed by atoms with Crippen molar-refractivity contribution in [1.29, 1.82) is 0 Å². The predicted octanol–water partition coefficient (Wildman–Crippen LogP) is 2.61. The van der Waals surface area contributed by atoms with Crippen LogP contribution in [0.4, 0.5) is 0 Å². The minimum absolute atomic E-state index is 0.268. The lowest BCUT2D eigenvalue weighted by Crippen LogP contribution is -2.22. The first-order valence-corrected chi connectivity index (χ1v) is 5.61. The summed E-state index contributed by atoms with van der Waals surface area (Å²) in [4.78, 5) is 0. The molecule has 2 rings (SSSR count). The van der Waals surface area contributed by atoms with Crippen molar-refractivity contribution in [2.75, 3.05) is 0 Å². The van der Waals surface area contributed by atoms with Crippen LogP contribution in [0.25, 0.3) is 0 Å². The van der Waals surface area contributed by atoms with Gasteiger partial charge < -0.3 is 10.8 Å². The number of hydrogen-bond acceptors (Lipinski definition) is 2. The molecule has 0 aromatic heterocycles. The van der Waals surface area contributed by atoms with Crippen LogP contribution in [0.5, 0.6) is 5.75 Å². The summed E-state index contributed by atoms with van der Waals surface area (Å²) in [5.41, 5.74) is 6.95. The van der Waals surface area contributed by atoms with E-state index in [1.54, 1.807) is 6.07 Å². The molecule has 1 fully saturated rings. The molecular weight excluding hydrogens is 186 g/mol. The molecule has 2 atom stereocenters. The van der Waals surface area contributed by atoms with Crippen LogP contribution < -0.4 is 5.73 Å². The number of rotatable bonds is 3. The average Bonchev–Trinajstić information content (AvgIpc) is 2.77. The van der Waals surface area contributed by atoms with Gasteiger partial charge in [0.2, 0.25) is 0 Å². The summed E-state index contributed by atoms with van der Waals surface area (Å²) in [5.74, 6) is 1.54. The molecule has 1 aliphatic rings. The predicted molar refractivity (Wildman–Crippen MR) is 61.5 cm³/mol. The molecule has 0 spiro atoms. The standard InChI is InChI=1S/C13H19NO/c1-9(2)7-10-8-13(10,14)11-5-3-4-6-12(11)15/h3-6,9-10,15H,7-8,14H2,1-2H3. The summed E-state index contributed by atoms with van der Waals surface area (Å²) in [6.45, 7) is 4.42. The van der Waals surface area contributed by atoms with E-state index in [4.69, 9.17) is 5.73 Å². The van der Waals surface area contributed by atoms with Gasteiger partial charge in [-0.1, -0.05) is 32.0 Å². The Bertz CT molecular complexity index is 361. The van der Waals surface area contributed by atoms with E-state index in [2.05, 4.69) is 13.8 Å². The van der Waals surface area contributed by atoms with Gasteiger partial charge in [-0.25, -0.2) is 0 Å². The largest absolute Gasteiger partial charge is 0.508 e. The van der Waals surface area contributed by atoms with Crippen LogP contribution in [0.15, 0.2) is 24.3 Å². The van der Waals surface area contributed by atoms with Gasteiger partial charge in [0.15, 0.2) is 0 Å². The third kappa shape index (κ3) is 1.86. The maximum atomic E-state index is 9.76. The highest BCUT2D eigenvalue weighted by Gasteiger charge is 2.52. The molecule has 0 amide bonds. The zero-order valence-corrected chi connectivity index (χ0v) is 9.40. The molecular formula is C13H19NO. The number of para-hydroxylation sites is 1. The van der Waals surface area contributed by atoms with Crippen molar-refractivity contribution in [2.45, 2.75) is 32.2 Å². The molecule has 2 heteroatoms. The summed E-state index contributed by atoms with van der Waals surface area (Å²) < 4.78 is 0. The van der Waals surface area contributed by atoms with Crippen molar-refractivity contribution in [1.82, 2.24) is 0 Å². The van der Waals surface area contributed by atoms with E-state index in [9.17, 15) is 5.11 Å². The van der Waals surface area contributed by atoms with Crippen molar-refractivity contribution < 1.29 is 5.11 Å². The number of nitrogens with two attached hydrogens (primary N) is 1. The third-order valence-electron chi connectivity index (χ3n) is 3.31. The number of phenolic OH excluding ortho intramolecular Hbond substituents is 1. The first-order chi connectivity index (χ1) is 7.04. The SMILES string of the molecule is CC(C)CC1CC1(N)c1ccccc1O. The molecule has 1 aromatic carbocycles. The molecule has 0 bridgehead atoms. The molecule has 2 nitrogen and oxygen atoms in total. The fraction of sp³-hybridized carbons (Fsp3) is 0.538. The monoisotopic (exact) mass is 205 g/mol. The van der Waals surface area contributed by atoms with Crippen LogP contribution >= 0.6 is 0 Å². The molecule has 1 aromatic rings. The van der Waals surface area contributed by atoms with Crippen LogP contribution in [0.3, 0.4) is 0 Å². The molecule has 0 radical (unpaired) electrons. The molecule has 82 valence electrons. The number of benzene rings is 1. The van der Waals surface area contributed by atoms with Crippen LogP contribution in [-0.2, 0) is 5.54 Å².